The second-order valence-electron chi connectivity index (χ2n) is 4.77. The van der Waals surface area contributed by atoms with Gasteiger partial charge in [-0.15, -0.1) is 0 Å². The van der Waals surface area contributed by atoms with E-state index in [4.69, 9.17) is 5.73 Å². The summed E-state index contributed by atoms with van der Waals surface area (Å²) < 4.78 is 2.30. The smallest absolute Gasteiger partial charge is 0.0960 e. The molecule has 1 saturated carbocycles. The summed E-state index contributed by atoms with van der Waals surface area (Å²) in [6, 6.07) is 7.23. The van der Waals surface area contributed by atoms with Gasteiger partial charge in [0.2, 0.25) is 0 Å². The van der Waals surface area contributed by atoms with Crippen LogP contribution in [-0.2, 0) is 0 Å². The van der Waals surface area contributed by atoms with Crippen molar-refractivity contribution in [2.45, 2.75) is 31.7 Å². The van der Waals surface area contributed by atoms with Gasteiger partial charge in [-0.25, -0.2) is 4.98 Å². The van der Waals surface area contributed by atoms with Gasteiger partial charge in [-0.3, -0.25) is 0 Å². The normalized spacial score (nSPS) is 17.9. The zero-order chi connectivity index (χ0) is 11.1. The summed E-state index contributed by atoms with van der Waals surface area (Å²) in [4.78, 5) is 4.48. The second kappa shape index (κ2) is 3.59. The Morgan fingerprint density at radius 3 is 3.00 bits per heavy atom. The van der Waals surface area contributed by atoms with Crippen LogP contribution in [0.4, 0.5) is 0 Å². The fourth-order valence-electron chi connectivity index (χ4n) is 2.14. The molecular weight excluding hydrogens is 198 g/mol. The molecule has 3 rings (SSSR count). The lowest BCUT2D eigenvalue weighted by molar-refractivity contribution is 0.764. The van der Waals surface area contributed by atoms with Crippen LogP contribution >= 0.6 is 0 Å². The minimum atomic E-state index is 0.412. The maximum atomic E-state index is 5.69. The molecule has 2 aromatic rings. The van der Waals surface area contributed by atoms with Crippen molar-refractivity contribution in [2.24, 2.45) is 5.73 Å². The van der Waals surface area contributed by atoms with Crippen molar-refractivity contribution in [3.05, 3.63) is 30.1 Å². The molecule has 1 unspecified atom stereocenters. The summed E-state index contributed by atoms with van der Waals surface area (Å²) >= 11 is 0. The lowest BCUT2D eigenvalue weighted by Crippen LogP contribution is -2.08. The molecule has 1 aliphatic carbocycles. The van der Waals surface area contributed by atoms with Gasteiger partial charge in [0.1, 0.15) is 0 Å². The highest BCUT2D eigenvalue weighted by molar-refractivity contribution is 5.76. The number of nitrogens with zero attached hydrogens (tertiary/aromatic N) is 2. The summed E-state index contributed by atoms with van der Waals surface area (Å²) in [5.41, 5.74) is 9.34. The number of hydrogen-bond donors (Lipinski definition) is 1. The third-order valence-corrected chi connectivity index (χ3v) is 3.46. The number of aromatic nitrogens is 2. The molecular formula is C13H17N3. The van der Waals surface area contributed by atoms with Crippen molar-refractivity contribution in [2.75, 3.05) is 6.54 Å². The molecule has 3 nitrogen and oxygen atoms in total. The van der Waals surface area contributed by atoms with Gasteiger partial charge in [-0.1, -0.05) is 13.0 Å². The summed E-state index contributed by atoms with van der Waals surface area (Å²) in [5, 5.41) is 0. The summed E-state index contributed by atoms with van der Waals surface area (Å²) in [5.74, 6) is 0.412. The third kappa shape index (κ3) is 1.52. The predicted molar refractivity (Wildman–Crippen MR) is 65.5 cm³/mol. The number of nitrogens with two attached hydrogens (primary N) is 1. The minimum absolute atomic E-state index is 0.412. The number of fused-ring (bicyclic) bond motifs is 1. The average Bonchev–Trinajstić information content (AvgIpc) is 3.08. The van der Waals surface area contributed by atoms with E-state index in [1.165, 1.54) is 23.9 Å². The van der Waals surface area contributed by atoms with E-state index in [0.717, 1.165) is 5.52 Å². The third-order valence-electron chi connectivity index (χ3n) is 3.46. The summed E-state index contributed by atoms with van der Waals surface area (Å²) in [7, 11) is 0. The first-order chi connectivity index (χ1) is 7.79. The highest BCUT2D eigenvalue weighted by Gasteiger charge is 2.24. The average molecular weight is 215 g/mol. The minimum Gasteiger partial charge on any atom is -0.330 e. The Labute approximate surface area is 95.3 Å². The van der Waals surface area contributed by atoms with Crippen molar-refractivity contribution in [3.8, 4) is 0 Å². The first-order valence-corrected chi connectivity index (χ1v) is 5.96. The van der Waals surface area contributed by atoms with E-state index in [-0.39, 0.29) is 0 Å². The van der Waals surface area contributed by atoms with Crippen LogP contribution in [0.2, 0.25) is 0 Å². The van der Waals surface area contributed by atoms with Gasteiger partial charge in [0.15, 0.2) is 0 Å². The summed E-state index contributed by atoms with van der Waals surface area (Å²) in [6.45, 7) is 2.84. The van der Waals surface area contributed by atoms with Crippen molar-refractivity contribution in [1.29, 1.82) is 0 Å². The number of hydrogen-bond acceptors (Lipinski definition) is 2. The molecule has 1 aromatic heterocycles. The van der Waals surface area contributed by atoms with E-state index in [2.05, 4.69) is 34.7 Å². The maximum Gasteiger partial charge on any atom is 0.0960 e. The number of benzene rings is 1. The highest BCUT2D eigenvalue weighted by atomic mass is 15.1. The molecule has 1 fully saturated rings. The van der Waals surface area contributed by atoms with Crippen molar-refractivity contribution < 1.29 is 0 Å². The molecule has 1 atom stereocenters. The fourth-order valence-corrected chi connectivity index (χ4v) is 2.14. The Morgan fingerprint density at radius 1 is 1.50 bits per heavy atom. The Hall–Kier alpha value is -1.35. The van der Waals surface area contributed by atoms with Gasteiger partial charge in [-0.2, -0.15) is 0 Å². The lowest BCUT2D eigenvalue weighted by Gasteiger charge is -2.08. The second-order valence-corrected chi connectivity index (χ2v) is 4.77. The van der Waals surface area contributed by atoms with Crippen LogP contribution in [0.3, 0.4) is 0 Å². The molecule has 0 amide bonds. The molecule has 16 heavy (non-hydrogen) atoms. The number of imidazole rings is 1. The van der Waals surface area contributed by atoms with E-state index < -0.39 is 0 Å². The van der Waals surface area contributed by atoms with Crippen molar-refractivity contribution in [3.63, 3.8) is 0 Å². The van der Waals surface area contributed by atoms with Gasteiger partial charge in [0.25, 0.3) is 0 Å². The molecule has 0 aliphatic heterocycles. The molecule has 1 heterocycles. The molecule has 0 spiro atoms. The van der Waals surface area contributed by atoms with Crippen LogP contribution in [-0.4, -0.2) is 16.1 Å². The van der Waals surface area contributed by atoms with Crippen LogP contribution in [0.25, 0.3) is 11.0 Å². The van der Waals surface area contributed by atoms with Crippen LogP contribution < -0.4 is 5.73 Å². The van der Waals surface area contributed by atoms with E-state index >= 15 is 0 Å². The molecule has 0 bridgehead atoms. The molecule has 84 valence electrons. The molecule has 0 radical (unpaired) electrons. The Balaban J connectivity index is 2.05. The quantitative estimate of drug-likeness (QED) is 0.854. The lowest BCUT2D eigenvalue weighted by atomic mass is 10.0. The monoisotopic (exact) mass is 215 g/mol. The number of rotatable bonds is 3. The van der Waals surface area contributed by atoms with Crippen molar-refractivity contribution >= 4 is 11.0 Å². The maximum absolute atomic E-state index is 5.69. The SMILES string of the molecule is CC(CN)c1ccc2c(c1)ncn2C1CC1. The molecule has 3 heteroatoms. The fraction of sp³-hybridized carbons (Fsp3) is 0.462. The van der Waals surface area contributed by atoms with E-state index in [1.807, 2.05) is 6.33 Å². The van der Waals surface area contributed by atoms with E-state index in [1.54, 1.807) is 0 Å². The first-order valence-electron chi connectivity index (χ1n) is 5.96. The zero-order valence-corrected chi connectivity index (χ0v) is 9.56. The van der Waals surface area contributed by atoms with Crippen LogP contribution in [0.15, 0.2) is 24.5 Å². The Kier molecular flexibility index (Phi) is 2.21. The van der Waals surface area contributed by atoms with Crippen LogP contribution in [0.5, 0.6) is 0 Å². The van der Waals surface area contributed by atoms with Gasteiger partial charge >= 0.3 is 0 Å². The van der Waals surface area contributed by atoms with Crippen LogP contribution in [0.1, 0.15) is 37.3 Å². The van der Waals surface area contributed by atoms with Gasteiger partial charge in [-0.05, 0) is 43.0 Å². The topological polar surface area (TPSA) is 43.8 Å². The molecule has 1 aromatic carbocycles. The van der Waals surface area contributed by atoms with Crippen LogP contribution in [0, 0.1) is 0 Å². The largest absolute Gasteiger partial charge is 0.330 e. The molecule has 1 aliphatic rings. The van der Waals surface area contributed by atoms with Gasteiger partial charge in [0.05, 0.1) is 17.4 Å². The Bertz CT molecular complexity index is 511. The predicted octanol–water partition coefficient (Wildman–Crippen LogP) is 2.43. The zero-order valence-electron chi connectivity index (χ0n) is 9.56. The standard InChI is InChI=1S/C13H17N3/c1-9(7-14)10-2-5-13-12(6-10)15-8-16(13)11-3-4-11/h2,5-6,8-9,11H,3-4,7,14H2,1H3. The molecule has 0 saturated heterocycles. The summed E-state index contributed by atoms with van der Waals surface area (Å²) in [6.07, 6.45) is 4.57. The Morgan fingerprint density at radius 2 is 2.31 bits per heavy atom. The van der Waals surface area contributed by atoms with Gasteiger partial charge in [0, 0.05) is 6.04 Å². The first kappa shape index (κ1) is 9.85. The van der Waals surface area contributed by atoms with E-state index in [0.29, 0.717) is 18.5 Å². The van der Waals surface area contributed by atoms with Gasteiger partial charge < -0.3 is 10.3 Å². The van der Waals surface area contributed by atoms with E-state index in [9.17, 15) is 0 Å². The van der Waals surface area contributed by atoms with Crippen molar-refractivity contribution in [1.82, 2.24) is 9.55 Å². The highest BCUT2D eigenvalue weighted by Crippen LogP contribution is 2.37. The molecule has 2 N–H and O–H groups in total.